The Morgan fingerprint density at radius 1 is 1.08 bits per heavy atom. The standard InChI is InChI=1S/C29H36ClN5OSi/c1-19-22(17-34-35(19)20-14-29(5,15-20)36-37(6,7)28(2,3)4)27-26(25-18-31-12-13-32-25)23(16-33-27)21-10-8-9-11-24(21)30/h8-13,16-18,20,33H,14-15H2,1-7H3. The molecule has 0 atom stereocenters. The third kappa shape index (κ3) is 4.69. The number of rotatable bonds is 6. The Bertz CT molecular complexity index is 1410. The minimum atomic E-state index is -1.84. The van der Waals surface area contributed by atoms with E-state index in [1.807, 2.05) is 36.7 Å². The number of nitrogens with zero attached hydrogens (tertiary/aromatic N) is 4. The topological polar surface area (TPSA) is 68.6 Å². The van der Waals surface area contributed by atoms with E-state index in [1.165, 1.54) is 0 Å². The zero-order chi connectivity index (χ0) is 26.6. The number of H-pyrrole nitrogens is 1. The fourth-order valence-electron chi connectivity index (χ4n) is 5.22. The van der Waals surface area contributed by atoms with Gasteiger partial charge in [-0.2, -0.15) is 5.10 Å². The van der Waals surface area contributed by atoms with Crippen LogP contribution in [0.4, 0.5) is 0 Å². The van der Waals surface area contributed by atoms with Crippen LogP contribution in [-0.2, 0) is 4.43 Å². The van der Waals surface area contributed by atoms with Gasteiger partial charge in [0, 0.05) is 51.6 Å². The van der Waals surface area contributed by atoms with Gasteiger partial charge in [-0.1, -0.05) is 50.6 Å². The van der Waals surface area contributed by atoms with Gasteiger partial charge < -0.3 is 9.41 Å². The van der Waals surface area contributed by atoms with Gasteiger partial charge in [0.05, 0.1) is 35.4 Å². The Morgan fingerprint density at radius 2 is 1.81 bits per heavy atom. The predicted molar refractivity (Wildman–Crippen MR) is 153 cm³/mol. The van der Waals surface area contributed by atoms with Crippen LogP contribution in [0.3, 0.4) is 0 Å². The van der Waals surface area contributed by atoms with Crippen molar-refractivity contribution in [1.82, 2.24) is 24.7 Å². The largest absolute Gasteiger partial charge is 0.411 e. The first-order chi connectivity index (χ1) is 17.4. The Labute approximate surface area is 225 Å². The average molecular weight is 534 g/mol. The van der Waals surface area contributed by atoms with Crippen LogP contribution in [0.25, 0.3) is 33.6 Å². The third-order valence-electron chi connectivity index (χ3n) is 8.17. The summed E-state index contributed by atoms with van der Waals surface area (Å²) in [4.78, 5) is 12.5. The normalized spacial score (nSPS) is 20.2. The van der Waals surface area contributed by atoms with Gasteiger partial charge in [0.2, 0.25) is 0 Å². The van der Waals surface area contributed by atoms with Crippen LogP contribution in [0.15, 0.2) is 55.2 Å². The van der Waals surface area contributed by atoms with Crippen molar-refractivity contribution < 1.29 is 4.43 Å². The molecule has 1 aliphatic carbocycles. The van der Waals surface area contributed by atoms with E-state index in [0.717, 1.165) is 52.2 Å². The molecule has 194 valence electrons. The second-order valence-electron chi connectivity index (χ2n) is 12.0. The minimum Gasteiger partial charge on any atom is -0.411 e. The van der Waals surface area contributed by atoms with Crippen LogP contribution < -0.4 is 0 Å². The van der Waals surface area contributed by atoms with Crippen molar-refractivity contribution in [3.05, 3.63) is 66.0 Å². The smallest absolute Gasteiger partial charge is 0.192 e. The molecule has 0 spiro atoms. The summed E-state index contributed by atoms with van der Waals surface area (Å²) >= 11 is 6.60. The lowest BCUT2D eigenvalue weighted by molar-refractivity contribution is -0.0429. The van der Waals surface area contributed by atoms with Gasteiger partial charge >= 0.3 is 0 Å². The summed E-state index contributed by atoms with van der Waals surface area (Å²) in [5, 5.41) is 5.74. The number of nitrogens with one attached hydrogen (secondary N) is 1. The van der Waals surface area contributed by atoms with Crippen molar-refractivity contribution in [2.24, 2.45) is 0 Å². The van der Waals surface area contributed by atoms with Crippen LogP contribution in [0.1, 0.15) is 52.3 Å². The number of hydrogen-bond donors (Lipinski definition) is 1. The van der Waals surface area contributed by atoms with Crippen LogP contribution in [-0.4, -0.2) is 38.7 Å². The molecule has 3 heterocycles. The summed E-state index contributed by atoms with van der Waals surface area (Å²) in [5.41, 5.74) is 6.76. The second kappa shape index (κ2) is 9.22. The molecule has 37 heavy (non-hydrogen) atoms. The van der Waals surface area contributed by atoms with E-state index in [0.29, 0.717) is 11.1 Å². The van der Waals surface area contributed by atoms with E-state index in [-0.39, 0.29) is 10.6 Å². The Kier molecular flexibility index (Phi) is 6.45. The van der Waals surface area contributed by atoms with Gasteiger partial charge in [0.25, 0.3) is 0 Å². The number of benzene rings is 1. The van der Waals surface area contributed by atoms with E-state index in [4.69, 9.17) is 21.1 Å². The van der Waals surface area contributed by atoms with Crippen molar-refractivity contribution in [2.75, 3.05) is 0 Å². The second-order valence-corrected chi connectivity index (χ2v) is 17.1. The summed E-state index contributed by atoms with van der Waals surface area (Å²) < 4.78 is 8.98. The van der Waals surface area contributed by atoms with Crippen LogP contribution in [0.5, 0.6) is 0 Å². The van der Waals surface area contributed by atoms with Crippen LogP contribution >= 0.6 is 11.6 Å². The lowest BCUT2D eigenvalue weighted by Crippen LogP contribution is -2.54. The lowest BCUT2D eigenvalue weighted by Gasteiger charge is -2.52. The highest BCUT2D eigenvalue weighted by Crippen LogP contribution is 2.50. The molecule has 1 aliphatic rings. The lowest BCUT2D eigenvalue weighted by atomic mass is 9.77. The SMILES string of the molecule is Cc1c(-c2[nH]cc(-c3ccccc3Cl)c2-c2cnccn2)cnn1C1CC(C)(O[Si](C)(C)C(C)(C)C)C1. The molecule has 1 saturated carbocycles. The van der Waals surface area contributed by atoms with Crippen molar-refractivity contribution >= 4 is 19.9 Å². The Balaban J connectivity index is 1.48. The Morgan fingerprint density at radius 3 is 2.46 bits per heavy atom. The summed E-state index contributed by atoms with van der Waals surface area (Å²) in [5.74, 6) is 0. The predicted octanol–water partition coefficient (Wildman–Crippen LogP) is 8.08. The van der Waals surface area contributed by atoms with Gasteiger partial charge in [0.15, 0.2) is 8.32 Å². The summed E-state index contributed by atoms with van der Waals surface area (Å²) in [6.07, 6.45) is 11.1. The molecular weight excluding hydrogens is 498 g/mol. The van der Waals surface area contributed by atoms with Gasteiger partial charge in [-0.25, -0.2) is 0 Å². The molecule has 8 heteroatoms. The highest BCUT2D eigenvalue weighted by atomic mass is 35.5. The van der Waals surface area contributed by atoms with Gasteiger partial charge in [-0.3, -0.25) is 14.6 Å². The maximum atomic E-state index is 6.81. The third-order valence-corrected chi connectivity index (χ3v) is 13.1. The highest BCUT2D eigenvalue weighted by Gasteiger charge is 2.49. The fourth-order valence-corrected chi connectivity index (χ4v) is 7.16. The molecule has 0 aliphatic heterocycles. The van der Waals surface area contributed by atoms with Gasteiger partial charge in [-0.15, -0.1) is 0 Å². The minimum absolute atomic E-state index is 0.0966. The molecule has 0 radical (unpaired) electrons. The van der Waals surface area contributed by atoms with Gasteiger partial charge in [0.1, 0.15) is 0 Å². The van der Waals surface area contributed by atoms with E-state index in [2.05, 4.69) is 67.3 Å². The molecule has 0 bridgehead atoms. The average Bonchev–Trinajstić information content (AvgIpc) is 3.40. The van der Waals surface area contributed by atoms with Crippen molar-refractivity contribution in [1.29, 1.82) is 0 Å². The molecule has 6 nitrogen and oxygen atoms in total. The van der Waals surface area contributed by atoms with Crippen LogP contribution in [0, 0.1) is 6.92 Å². The number of hydrogen-bond acceptors (Lipinski definition) is 4. The van der Waals surface area contributed by atoms with Crippen molar-refractivity contribution in [3.8, 4) is 33.6 Å². The first-order valence-corrected chi connectivity index (χ1v) is 16.2. The summed E-state index contributed by atoms with van der Waals surface area (Å²) in [6.45, 7) is 16.0. The summed E-state index contributed by atoms with van der Waals surface area (Å²) in [7, 11) is -1.84. The van der Waals surface area contributed by atoms with Crippen molar-refractivity contribution in [2.45, 2.75) is 77.2 Å². The van der Waals surface area contributed by atoms with Crippen molar-refractivity contribution in [3.63, 3.8) is 0 Å². The molecular formula is C29H36ClN5OSi. The molecule has 1 fully saturated rings. The van der Waals surface area contributed by atoms with E-state index >= 15 is 0 Å². The molecule has 0 saturated heterocycles. The highest BCUT2D eigenvalue weighted by molar-refractivity contribution is 6.74. The first-order valence-electron chi connectivity index (χ1n) is 12.9. The quantitative estimate of drug-likeness (QED) is 0.254. The molecule has 0 unspecified atom stereocenters. The first kappa shape index (κ1) is 25.9. The zero-order valence-corrected chi connectivity index (χ0v) is 24.5. The van der Waals surface area contributed by atoms with E-state index in [1.54, 1.807) is 18.6 Å². The maximum Gasteiger partial charge on any atom is 0.192 e. The number of aromatic amines is 1. The molecule has 1 aromatic carbocycles. The molecule has 5 rings (SSSR count). The summed E-state index contributed by atoms with van der Waals surface area (Å²) in [6, 6.07) is 8.20. The van der Waals surface area contributed by atoms with E-state index < -0.39 is 8.32 Å². The maximum absolute atomic E-state index is 6.81. The number of aromatic nitrogens is 5. The van der Waals surface area contributed by atoms with E-state index in [9.17, 15) is 0 Å². The van der Waals surface area contributed by atoms with Crippen LogP contribution in [0.2, 0.25) is 23.2 Å². The zero-order valence-electron chi connectivity index (χ0n) is 22.8. The Hall–Kier alpha value is -2.74. The molecule has 0 amide bonds. The molecule has 3 aromatic heterocycles. The monoisotopic (exact) mass is 533 g/mol. The fraction of sp³-hybridized carbons (Fsp3) is 0.414. The number of halogens is 1. The molecule has 1 N–H and O–H groups in total. The molecule has 4 aromatic rings. The van der Waals surface area contributed by atoms with Gasteiger partial charge in [-0.05, 0) is 50.9 Å².